The summed E-state index contributed by atoms with van der Waals surface area (Å²) >= 11 is 3.37. The monoisotopic (exact) mass is 360 g/mol. The minimum atomic E-state index is -0.792. The second-order valence-corrected chi connectivity index (χ2v) is 5.59. The number of benzene rings is 1. The van der Waals surface area contributed by atoms with Gasteiger partial charge in [0.1, 0.15) is 5.82 Å². The van der Waals surface area contributed by atoms with Crippen molar-refractivity contribution in [3.63, 3.8) is 0 Å². The van der Waals surface area contributed by atoms with Crippen LogP contribution in [0.4, 0.5) is 10.1 Å². The summed E-state index contributed by atoms with van der Waals surface area (Å²) in [5, 5.41) is 14.2. The zero-order chi connectivity index (χ0) is 15.8. The van der Waals surface area contributed by atoms with E-state index in [1.54, 1.807) is 0 Å². The van der Waals surface area contributed by atoms with E-state index in [1.807, 2.05) is 0 Å². The Balaban J connectivity index is 2.72. The number of hydrogen-bond donors (Lipinski definition) is 1. The van der Waals surface area contributed by atoms with Crippen molar-refractivity contribution in [2.45, 2.75) is 26.2 Å². The van der Waals surface area contributed by atoms with Crippen molar-refractivity contribution in [1.82, 2.24) is 5.32 Å². The SMILES string of the molecule is CCCC(CCBr)CNC(=O)c1cc(F)cc([N+](=O)[O-])c1. The summed E-state index contributed by atoms with van der Waals surface area (Å²) in [6.45, 7) is 2.54. The van der Waals surface area contributed by atoms with Crippen LogP contribution >= 0.6 is 15.9 Å². The van der Waals surface area contributed by atoms with Gasteiger partial charge in [-0.15, -0.1) is 0 Å². The predicted molar refractivity (Wildman–Crippen MR) is 82.2 cm³/mol. The smallest absolute Gasteiger partial charge is 0.273 e. The minimum Gasteiger partial charge on any atom is -0.352 e. The van der Waals surface area contributed by atoms with Crippen LogP contribution in [-0.2, 0) is 0 Å². The molecule has 1 unspecified atom stereocenters. The molecule has 0 radical (unpaired) electrons. The Morgan fingerprint density at radius 3 is 2.71 bits per heavy atom. The number of alkyl halides is 1. The van der Waals surface area contributed by atoms with Gasteiger partial charge in [-0.05, 0) is 24.8 Å². The summed E-state index contributed by atoms with van der Waals surface area (Å²) in [5.41, 5.74) is -0.457. The topological polar surface area (TPSA) is 72.2 Å². The van der Waals surface area contributed by atoms with Gasteiger partial charge in [-0.25, -0.2) is 4.39 Å². The first kappa shape index (κ1) is 17.6. The highest BCUT2D eigenvalue weighted by Crippen LogP contribution is 2.17. The molecular weight excluding hydrogens is 343 g/mol. The number of amides is 1. The molecule has 0 bridgehead atoms. The quantitative estimate of drug-likeness (QED) is 0.436. The average Bonchev–Trinajstić information content (AvgIpc) is 2.44. The van der Waals surface area contributed by atoms with Gasteiger partial charge in [0.25, 0.3) is 11.6 Å². The van der Waals surface area contributed by atoms with Crippen molar-refractivity contribution < 1.29 is 14.1 Å². The molecule has 0 heterocycles. The van der Waals surface area contributed by atoms with Gasteiger partial charge in [0, 0.05) is 23.5 Å². The van der Waals surface area contributed by atoms with Crippen molar-refractivity contribution >= 4 is 27.5 Å². The number of halogens is 2. The fourth-order valence-electron chi connectivity index (χ4n) is 2.06. The van der Waals surface area contributed by atoms with E-state index < -0.39 is 22.3 Å². The Labute approximate surface area is 131 Å². The molecule has 0 spiro atoms. The van der Waals surface area contributed by atoms with E-state index in [0.717, 1.165) is 42.8 Å². The van der Waals surface area contributed by atoms with Crippen LogP contribution in [0.3, 0.4) is 0 Å². The van der Waals surface area contributed by atoms with Gasteiger partial charge in [-0.3, -0.25) is 14.9 Å². The van der Waals surface area contributed by atoms with Crippen LogP contribution in [0.2, 0.25) is 0 Å². The van der Waals surface area contributed by atoms with Crippen LogP contribution in [0, 0.1) is 21.8 Å². The van der Waals surface area contributed by atoms with E-state index >= 15 is 0 Å². The van der Waals surface area contributed by atoms with Gasteiger partial charge in [0.2, 0.25) is 0 Å². The molecule has 0 aromatic heterocycles. The average molecular weight is 361 g/mol. The van der Waals surface area contributed by atoms with Gasteiger partial charge < -0.3 is 5.32 Å². The van der Waals surface area contributed by atoms with Crippen molar-refractivity contribution in [3.8, 4) is 0 Å². The number of nitrogens with zero attached hydrogens (tertiary/aromatic N) is 1. The van der Waals surface area contributed by atoms with E-state index in [4.69, 9.17) is 0 Å². The molecule has 1 aromatic rings. The minimum absolute atomic E-state index is 0.0317. The molecule has 1 atom stereocenters. The van der Waals surface area contributed by atoms with Crippen molar-refractivity contribution in [3.05, 3.63) is 39.7 Å². The molecule has 5 nitrogen and oxygen atoms in total. The predicted octanol–water partition coefficient (Wildman–Crippen LogP) is 3.67. The van der Waals surface area contributed by atoms with Gasteiger partial charge in [0.05, 0.1) is 11.0 Å². The molecule has 0 aliphatic carbocycles. The number of nitrogens with one attached hydrogen (secondary N) is 1. The Bertz CT molecular complexity index is 505. The summed E-state index contributed by atoms with van der Waals surface area (Å²) in [7, 11) is 0. The van der Waals surface area contributed by atoms with E-state index in [2.05, 4.69) is 28.2 Å². The molecule has 1 aromatic carbocycles. The fraction of sp³-hybridized carbons (Fsp3) is 0.500. The molecule has 21 heavy (non-hydrogen) atoms. The number of nitro benzene ring substituents is 1. The van der Waals surface area contributed by atoms with Gasteiger partial charge >= 0.3 is 0 Å². The number of carbonyl (C=O) groups is 1. The van der Waals surface area contributed by atoms with Crippen molar-refractivity contribution in [2.75, 3.05) is 11.9 Å². The Morgan fingerprint density at radius 2 is 2.14 bits per heavy atom. The summed E-state index contributed by atoms with van der Waals surface area (Å²) in [4.78, 5) is 21.9. The maximum Gasteiger partial charge on any atom is 0.273 e. The summed E-state index contributed by atoms with van der Waals surface area (Å²) in [5.74, 6) is -0.949. The van der Waals surface area contributed by atoms with Gasteiger partial charge in [0.15, 0.2) is 0 Å². The standard InChI is InChI=1S/C14H18BrFN2O3/c1-2-3-10(4-5-15)9-17-14(19)11-6-12(16)8-13(7-11)18(20)21/h6-8,10H,2-5,9H2,1H3,(H,17,19). The Kier molecular flexibility index (Phi) is 7.28. The van der Waals surface area contributed by atoms with Crippen LogP contribution in [0.1, 0.15) is 36.5 Å². The first-order valence-corrected chi connectivity index (χ1v) is 7.89. The van der Waals surface area contributed by atoms with Crippen molar-refractivity contribution in [1.29, 1.82) is 0 Å². The lowest BCUT2D eigenvalue weighted by molar-refractivity contribution is -0.385. The molecule has 0 saturated heterocycles. The van der Waals surface area contributed by atoms with E-state index in [0.29, 0.717) is 12.5 Å². The maximum absolute atomic E-state index is 13.3. The summed E-state index contributed by atoms with van der Waals surface area (Å²) in [6.07, 6.45) is 2.92. The second-order valence-electron chi connectivity index (χ2n) is 4.80. The lowest BCUT2D eigenvalue weighted by Crippen LogP contribution is -2.29. The lowest BCUT2D eigenvalue weighted by atomic mass is 10.0. The normalized spacial score (nSPS) is 12.0. The first-order chi connectivity index (χ1) is 9.97. The number of nitro groups is 1. The number of carbonyl (C=O) groups excluding carboxylic acids is 1. The molecule has 116 valence electrons. The molecule has 0 saturated carbocycles. The zero-order valence-corrected chi connectivity index (χ0v) is 13.4. The highest BCUT2D eigenvalue weighted by atomic mass is 79.9. The van der Waals surface area contributed by atoms with Crippen LogP contribution in [0.25, 0.3) is 0 Å². The van der Waals surface area contributed by atoms with Crippen LogP contribution in [0.5, 0.6) is 0 Å². The molecule has 1 rings (SSSR count). The summed E-state index contributed by atoms with van der Waals surface area (Å²) in [6, 6.07) is 2.88. The third-order valence-corrected chi connectivity index (χ3v) is 3.58. The molecule has 1 amide bonds. The van der Waals surface area contributed by atoms with Gasteiger partial charge in [-0.1, -0.05) is 29.3 Å². The van der Waals surface area contributed by atoms with Gasteiger partial charge in [-0.2, -0.15) is 0 Å². The fourth-order valence-corrected chi connectivity index (χ4v) is 2.71. The Morgan fingerprint density at radius 1 is 1.43 bits per heavy atom. The Hall–Kier alpha value is -1.50. The number of non-ortho nitro benzene ring substituents is 1. The zero-order valence-electron chi connectivity index (χ0n) is 11.8. The third-order valence-electron chi connectivity index (χ3n) is 3.12. The highest BCUT2D eigenvalue weighted by molar-refractivity contribution is 9.09. The second kappa shape index (κ2) is 8.71. The maximum atomic E-state index is 13.3. The third kappa shape index (κ3) is 5.79. The van der Waals surface area contributed by atoms with E-state index in [9.17, 15) is 19.3 Å². The van der Waals surface area contributed by atoms with Crippen molar-refractivity contribution in [2.24, 2.45) is 5.92 Å². The number of rotatable bonds is 8. The van der Waals surface area contributed by atoms with E-state index in [-0.39, 0.29) is 5.56 Å². The molecule has 0 fully saturated rings. The molecular formula is C14H18BrFN2O3. The molecule has 7 heteroatoms. The van der Waals surface area contributed by atoms with Crippen LogP contribution in [0.15, 0.2) is 18.2 Å². The first-order valence-electron chi connectivity index (χ1n) is 6.77. The molecule has 0 aliphatic rings. The largest absolute Gasteiger partial charge is 0.352 e. The number of hydrogen-bond acceptors (Lipinski definition) is 3. The van der Waals surface area contributed by atoms with E-state index in [1.165, 1.54) is 0 Å². The van der Waals surface area contributed by atoms with Crippen LogP contribution < -0.4 is 5.32 Å². The van der Waals surface area contributed by atoms with Crippen LogP contribution in [-0.4, -0.2) is 22.7 Å². The molecule has 0 aliphatic heterocycles. The highest BCUT2D eigenvalue weighted by Gasteiger charge is 2.16. The lowest BCUT2D eigenvalue weighted by Gasteiger charge is -2.15. The summed E-state index contributed by atoms with van der Waals surface area (Å²) < 4.78 is 13.3. The molecule has 1 N–H and O–H groups in total.